The topological polar surface area (TPSA) is 68.3 Å². The van der Waals surface area contributed by atoms with E-state index in [1.54, 1.807) is 7.11 Å². The van der Waals surface area contributed by atoms with Crippen LogP contribution in [-0.4, -0.2) is 69.9 Å². The van der Waals surface area contributed by atoms with Crippen molar-refractivity contribution in [3.8, 4) is 5.75 Å². The molecule has 2 aliphatic rings. The van der Waals surface area contributed by atoms with Crippen LogP contribution in [0.2, 0.25) is 0 Å². The second kappa shape index (κ2) is 9.22. The van der Waals surface area contributed by atoms with Crippen molar-refractivity contribution < 1.29 is 27.0 Å². The van der Waals surface area contributed by atoms with Crippen LogP contribution in [0.1, 0.15) is 12.0 Å². The molecule has 0 saturated carbocycles. The van der Waals surface area contributed by atoms with Gasteiger partial charge in [-0.25, -0.2) is 12.8 Å². The van der Waals surface area contributed by atoms with Gasteiger partial charge in [-0.1, -0.05) is 24.3 Å². The SMILES string of the molecule is COc1ccc(CN2CCCOC3(C2)CN(S(=O)(=O)c2ccccc2F)CCO3)cc1. The van der Waals surface area contributed by atoms with Gasteiger partial charge in [0.2, 0.25) is 10.0 Å². The Morgan fingerprint density at radius 2 is 1.77 bits per heavy atom. The van der Waals surface area contributed by atoms with E-state index in [9.17, 15) is 12.8 Å². The molecule has 0 bridgehead atoms. The van der Waals surface area contributed by atoms with Gasteiger partial charge < -0.3 is 14.2 Å². The van der Waals surface area contributed by atoms with Crippen molar-refractivity contribution in [1.29, 1.82) is 0 Å². The molecule has 31 heavy (non-hydrogen) atoms. The molecule has 0 aromatic heterocycles. The highest BCUT2D eigenvalue weighted by Crippen LogP contribution is 2.29. The summed E-state index contributed by atoms with van der Waals surface area (Å²) in [5.41, 5.74) is 1.12. The zero-order chi connectivity index (χ0) is 21.9. The van der Waals surface area contributed by atoms with Crippen LogP contribution in [0.5, 0.6) is 5.75 Å². The number of methoxy groups -OCH3 is 1. The Bertz CT molecular complexity index is 1000. The van der Waals surface area contributed by atoms with Crippen LogP contribution in [0.25, 0.3) is 0 Å². The van der Waals surface area contributed by atoms with Crippen LogP contribution in [0.3, 0.4) is 0 Å². The van der Waals surface area contributed by atoms with Gasteiger partial charge in [0, 0.05) is 19.6 Å². The lowest BCUT2D eigenvalue weighted by Gasteiger charge is -2.42. The average Bonchev–Trinajstić information content (AvgIpc) is 2.96. The highest BCUT2D eigenvalue weighted by Gasteiger charge is 2.44. The molecular weight excluding hydrogens is 423 g/mol. The van der Waals surface area contributed by atoms with Gasteiger partial charge in [0.25, 0.3) is 0 Å². The summed E-state index contributed by atoms with van der Waals surface area (Å²) in [5, 5.41) is 0. The highest BCUT2D eigenvalue weighted by molar-refractivity contribution is 7.89. The van der Waals surface area contributed by atoms with E-state index in [1.165, 1.54) is 22.5 Å². The smallest absolute Gasteiger partial charge is 0.246 e. The van der Waals surface area contributed by atoms with E-state index in [-0.39, 0.29) is 24.6 Å². The van der Waals surface area contributed by atoms with Gasteiger partial charge >= 0.3 is 0 Å². The summed E-state index contributed by atoms with van der Waals surface area (Å²) < 4.78 is 58.9. The second-order valence-corrected chi connectivity index (χ2v) is 9.70. The Kier molecular flexibility index (Phi) is 6.59. The van der Waals surface area contributed by atoms with E-state index >= 15 is 0 Å². The lowest BCUT2D eigenvalue weighted by molar-refractivity contribution is -0.257. The van der Waals surface area contributed by atoms with E-state index in [0.717, 1.165) is 30.3 Å². The maximum Gasteiger partial charge on any atom is 0.246 e. The molecule has 1 spiro atoms. The van der Waals surface area contributed by atoms with Crippen molar-refractivity contribution >= 4 is 10.0 Å². The molecule has 1 atom stereocenters. The Hall–Kier alpha value is -2.04. The number of ether oxygens (including phenoxy) is 3. The molecule has 2 heterocycles. The molecule has 0 radical (unpaired) electrons. The standard InChI is InChI=1S/C22H27FN2O5S/c1-28-19-9-7-18(8-10-19)15-24-11-4-13-29-22(16-24)17-25(12-14-30-22)31(26,27)21-6-3-2-5-20(21)23/h2-3,5-10H,4,11-17H2,1H3. The number of hydrogen-bond acceptors (Lipinski definition) is 6. The van der Waals surface area contributed by atoms with Crippen molar-refractivity contribution in [2.75, 3.05) is 46.5 Å². The van der Waals surface area contributed by atoms with Crippen molar-refractivity contribution in [2.24, 2.45) is 0 Å². The van der Waals surface area contributed by atoms with Crippen molar-refractivity contribution in [1.82, 2.24) is 9.21 Å². The fourth-order valence-electron chi connectivity index (χ4n) is 4.04. The summed E-state index contributed by atoms with van der Waals surface area (Å²) in [6, 6.07) is 13.3. The molecular formula is C22H27FN2O5S. The quantitative estimate of drug-likeness (QED) is 0.697. The van der Waals surface area contributed by atoms with Crippen LogP contribution in [-0.2, 0) is 26.0 Å². The van der Waals surface area contributed by atoms with Crippen LogP contribution >= 0.6 is 0 Å². The first-order valence-corrected chi connectivity index (χ1v) is 11.7. The third kappa shape index (κ3) is 4.91. The van der Waals surface area contributed by atoms with Gasteiger partial charge in [-0.3, -0.25) is 4.90 Å². The Labute approximate surface area is 182 Å². The summed E-state index contributed by atoms with van der Waals surface area (Å²) in [6.45, 7) is 2.72. The van der Waals surface area contributed by atoms with E-state index in [1.807, 2.05) is 24.3 Å². The Morgan fingerprint density at radius 1 is 1.03 bits per heavy atom. The lowest BCUT2D eigenvalue weighted by Crippen LogP contribution is -2.59. The molecule has 168 valence electrons. The van der Waals surface area contributed by atoms with Crippen LogP contribution in [0.4, 0.5) is 4.39 Å². The van der Waals surface area contributed by atoms with E-state index in [4.69, 9.17) is 14.2 Å². The van der Waals surface area contributed by atoms with Gasteiger partial charge in [0.15, 0.2) is 5.79 Å². The van der Waals surface area contributed by atoms with Crippen LogP contribution in [0.15, 0.2) is 53.4 Å². The van der Waals surface area contributed by atoms with Crippen molar-refractivity contribution in [2.45, 2.75) is 23.6 Å². The third-order valence-corrected chi connectivity index (χ3v) is 7.47. The minimum atomic E-state index is -4.00. The number of nitrogens with zero attached hydrogens (tertiary/aromatic N) is 2. The monoisotopic (exact) mass is 450 g/mol. The van der Waals surface area contributed by atoms with Gasteiger partial charge in [0.05, 0.1) is 33.4 Å². The van der Waals surface area contributed by atoms with Crippen LogP contribution in [0, 0.1) is 5.82 Å². The minimum Gasteiger partial charge on any atom is -0.497 e. The Morgan fingerprint density at radius 3 is 2.52 bits per heavy atom. The lowest BCUT2D eigenvalue weighted by atomic mass is 10.1. The maximum absolute atomic E-state index is 14.2. The van der Waals surface area contributed by atoms with Crippen LogP contribution < -0.4 is 4.74 Å². The summed E-state index contributed by atoms with van der Waals surface area (Å²) in [6.07, 6.45) is 0.807. The molecule has 2 aliphatic heterocycles. The predicted octanol–water partition coefficient (Wildman–Crippen LogP) is 2.47. The number of sulfonamides is 1. The first-order chi connectivity index (χ1) is 14.9. The maximum atomic E-state index is 14.2. The number of benzene rings is 2. The molecule has 0 amide bonds. The Balaban J connectivity index is 1.52. The summed E-state index contributed by atoms with van der Waals surface area (Å²) >= 11 is 0. The number of rotatable bonds is 5. The molecule has 2 fully saturated rings. The predicted molar refractivity (Wildman–Crippen MR) is 113 cm³/mol. The summed E-state index contributed by atoms with van der Waals surface area (Å²) in [5.74, 6) is -1.05. The van der Waals surface area contributed by atoms with Crippen molar-refractivity contribution in [3.05, 3.63) is 59.9 Å². The fraction of sp³-hybridized carbons (Fsp3) is 0.455. The van der Waals surface area contributed by atoms with Crippen molar-refractivity contribution in [3.63, 3.8) is 0 Å². The number of halogens is 1. The summed E-state index contributed by atoms with van der Waals surface area (Å²) in [4.78, 5) is 1.88. The summed E-state index contributed by atoms with van der Waals surface area (Å²) in [7, 11) is -2.37. The molecule has 7 nitrogen and oxygen atoms in total. The van der Waals surface area contributed by atoms with Gasteiger partial charge in [-0.2, -0.15) is 4.31 Å². The molecule has 2 saturated heterocycles. The first-order valence-electron chi connectivity index (χ1n) is 10.3. The minimum absolute atomic E-state index is 0.0166. The molecule has 2 aromatic carbocycles. The second-order valence-electron chi connectivity index (χ2n) is 7.79. The van der Waals surface area contributed by atoms with Gasteiger partial charge in [-0.15, -0.1) is 0 Å². The zero-order valence-electron chi connectivity index (χ0n) is 17.5. The largest absolute Gasteiger partial charge is 0.497 e. The molecule has 2 aromatic rings. The van der Waals surface area contributed by atoms with Gasteiger partial charge in [-0.05, 0) is 36.2 Å². The fourth-order valence-corrected chi connectivity index (χ4v) is 5.57. The normalized spacial score (nSPS) is 23.5. The molecule has 0 N–H and O–H groups in total. The molecule has 1 unspecified atom stereocenters. The number of morpholine rings is 1. The highest BCUT2D eigenvalue weighted by atomic mass is 32.2. The average molecular weight is 451 g/mol. The third-order valence-electron chi connectivity index (χ3n) is 5.59. The number of hydrogen-bond donors (Lipinski definition) is 0. The molecule has 4 rings (SSSR count). The molecule has 0 aliphatic carbocycles. The van der Waals surface area contributed by atoms with E-state index in [2.05, 4.69) is 4.90 Å². The first kappa shape index (κ1) is 22.2. The molecule has 9 heteroatoms. The van der Waals surface area contributed by atoms with E-state index in [0.29, 0.717) is 19.7 Å². The zero-order valence-corrected chi connectivity index (χ0v) is 18.3. The van der Waals surface area contributed by atoms with E-state index < -0.39 is 21.6 Å². The van der Waals surface area contributed by atoms with Gasteiger partial charge in [0.1, 0.15) is 16.5 Å².